The van der Waals surface area contributed by atoms with Gasteiger partial charge in [0.15, 0.2) is 0 Å². The Bertz CT molecular complexity index is 2730. The molecule has 0 radical (unpaired) electrons. The molecule has 468 valence electrons. The number of nitrogens with one attached hydrogen (secondary N) is 6. The second kappa shape index (κ2) is 27.7. The predicted molar refractivity (Wildman–Crippen MR) is 325 cm³/mol. The van der Waals surface area contributed by atoms with E-state index in [2.05, 4.69) is 38.0 Å². The lowest BCUT2D eigenvalue weighted by Gasteiger charge is -2.38. The summed E-state index contributed by atoms with van der Waals surface area (Å²) in [4.78, 5) is 157. The number of carbonyl (C=O) groups excluding carboxylic acids is 10. The van der Waals surface area contributed by atoms with Gasteiger partial charge in [0.2, 0.25) is 59.1 Å². The Morgan fingerprint density at radius 1 is 0.529 bits per heavy atom. The number of hydrogen-bond acceptors (Lipinski definition) is 12. The summed E-state index contributed by atoms with van der Waals surface area (Å²) in [6.45, 7) is 19.8. The molecule has 12 atom stereocenters. The van der Waals surface area contributed by atoms with Gasteiger partial charge >= 0.3 is 0 Å². The van der Waals surface area contributed by atoms with Crippen LogP contribution in [0.2, 0.25) is 0 Å². The average Bonchev–Trinajstić information content (AvgIpc) is 1.62. The van der Waals surface area contributed by atoms with Crippen molar-refractivity contribution in [3.63, 3.8) is 0 Å². The van der Waals surface area contributed by atoms with Gasteiger partial charge in [-0.05, 0) is 145 Å². The second-order valence-corrected chi connectivity index (χ2v) is 27.6. The van der Waals surface area contributed by atoms with Crippen LogP contribution in [-0.4, -0.2) is 188 Å². The number of hydrogen-bond donors (Lipinski definition) is 6. The molecule has 0 aromatic heterocycles. The average molecular weight is 1200 g/mol. The number of anilines is 1. The Balaban J connectivity index is 1.19. The quantitative estimate of drug-likeness (QED) is 0.171. The molecule has 10 amide bonds. The van der Waals surface area contributed by atoms with Crippen molar-refractivity contribution < 1.29 is 47.9 Å². The molecular formula is C63H95N11O10S. The van der Waals surface area contributed by atoms with Crippen LogP contribution in [0.1, 0.15) is 158 Å². The van der Waals surface area contributed by atoms with Crippen LogP contribution in [0.4, 0.5) is 5.69 Å². The number of carbonyl (C=O) groups is 10. The minimum atomic E-state index is -1.13. The molecule has 22 heteroatoms. The highest BCUT2D eigenvalue weighted by Gasteiger charge is 2.62. The number of fused-ring (bicyclic) bond motifs is 9. The highest BCUT2D eigenvalue weighted by atomic mass is 32.2. The van der Waals surface area contributed by atoms with E-state index in [9.17, 15) is 28.8 Å². The number of nitrogens with zero attached hydrogens (tertiary/aromatic N) is 5. The molecule has 8 rings (SSSR count). The van der Waals surface area contributed by atoms with E-state index in [0.717, 1.165) is 16.8 Å². The molecule has 6 saturated heterocycles. The summed E-state index contributed by atoms with van der Waals surface area (Å²) in [5.41, 5.74) is 2.00. The van der Waals surface area contributed by atoms with Crippen molar-refractivity contribution in [3.8, 4) is 0 Å². The molecule has 0 unspecified atom stereocenters. The van der Waals surface area contributed by atoms with Crippen LogP contribution in [0.25, 0.3) is 0 Å². The second-order valence-electron chi connectivity index (χ2n) is 26.6. The van der Waals surface area contributed by atoms with E-state index < -0.39 is 143 Å². The normalized spacial score (nSPS) is 31.2. The highest BCUT2D eigenvalue weighted by Crippen LogP contribution is 2.54. The summed E-state index contributed by atoms with van der Waals surface area (Å²) < 4.78 is 0. The highest BCUT2D eigenvalue weighted by molar-refractivity contribution is 7.98. The van der Waals surface area contributed by atoms with Gasteiger partial charge in [-0.3, -0.25) is 47.9 Å². The van der Waals surface area contributed by atoms with Gasteiger partial charge in [-0.1, -0.05) is 85.2 Å². The van der Waals surface area contributed by atoms with Crippen molar-refractivity contribution in [2.45, 2.75) is 225 Å². The molecule has 0 spiro atoms. The first-order chi connectivity index (χ1) is 40.4. The van der Waals surface area contributed by atoms with Gasteiger partial charge in [0.05, 0.1) is 0 Å². The van der Waals surface area contributed by atoms with Crippen LogP contribution in [-0.2, 0) is 53.4 Å². The maximum atomic E-state index is 15.9. The smallest absolute Gasteiger partial charge is 0.247 e. The van der Waals surface area contributed by atoms with Crippen LogP contribution in [0.3, 0.4) is 0 Å². The SMILES string of the molecule is CSCC[C@@H]1NC(=O)[C@@H]2CCCN2C(=O)[C@H](C(C)C)NC(=O)[C@@H]2CCCN2C(=O)[C@@H]2CCCN2C(=O)[C@H](CC(C)C)NC(=O)[C@@H]2C[C@@]3(CC=C(C)C)c4ccccc4N[C@H]3N2C(=O)[C@@H]2CCCN2C(=O)[C@H](C(C)C)NC(=O)[C@H](CC(C)C)NC1=O. The summed E-state index contributed by atoms with van der Waals surface area (Å²) in [5.74, 6) is -5.65. The van der Waals surface area contributed by atoms with E-state index in [1.54, 1.807) is 32.6 Å². The van der Waals surface area contributed by atoms with E-state index in [0.29, 0.717) is 57.1 Å². The first kappa shape index (κ1) is 64.8. The maximum Gasteiger partial charge on any atom is 0.247 e. The summed E-state index contributed by atoms with van der Waals surface area (Å²) >= 11 is 1.48. The molecule has 85 heavy (non-hydrogen) atoms. The number of rotatable bonds is 11. The molecule has 7 aliphatic rings. The Labute approximate surface area is 506 Å². The van der Waals surface area contributed by atoms with Crippen molar-refractivity contribution >= 4 is 76.5 Å². The van der Waals surface area contributed by atoms with Crippen LogP contribution in [0.15, 0.2) is 35.9 Å². The Morgan fingerprint density at radius 2 is 0.976 bits per heavy atom. The fraction of sp³-hybridized carbons (Fsp3) is 0.714. The minimum Gasteiger partial charge on any atom is -0.364 e. The zero-order valence-corrected chi connectivity index (χ0v) is 52.8. The molecule has 1 aromatic rings. The topological polar surface area (TPSA) is 259 Å². The fourth-order valence-corrected chi connectivity index (χ4v) is 14.7. The van der Waals surface area contributed by atoms with Gasteiger partial charge in [-0.2, -0.15) is 11.8 Å². The van der Waals surface area contributed by atoms with E-state index in [1.807, 2.05) is 72.1 Å². The molecule has 0 bridgehead atoms. The Hall–Kier alpha value is -6.19. The fourth-order valence-electron chi connectivity index (χ4n) is 14.2. The van der Waals surface area contributed by atoms with Crippen LogP contribution >= 0.6 is 11.8 Å². The molecule has 1 aromatic carbocycles. The van der Waals surface area contributed by atoms with Crippen LogP contribution < -0.4 is 31.9 Å². The lowest BCUT2D eigenvalue weighted by atomic mass is 9.75. The van der Waals surface area contributed by atoms with Gasteiger partial charge in [0.1, 0.15) is 66.6 Å². The van der Waals surface area contributed by atoms with Gasteiger partial charge in [-0.15, -0.1) is 0 Å². The lowest BCUT2D eigenvalue weighted by molar-refractivity contribution is -0.151. The lowest BCUT2D eigenvalue weighted by Crippen LogP contribution is -2.62. The first-order valence-electron chi connectivity index (χ1n) is 31.4. The maximum absolute atomic E-state index is 15.9. The van der Waals surface area contributed by atoms with Gasteiger partial charge in [0.25, 0.3) is 0 Å². The summed E-state index contributed by atoms with van der Waals surface area (Å²) in [6.07, 6.45) is 7.77. The number of para-hydroxylation sites is 1. The Morgan fingerprint density at radius 3 is 1.53 bits per heavy atom. The van der Waals surface area contributed by atoms with Crippen LogP contribution in [0, 0.1) is 23.7 Å². The summed E-state index contributed by atoms with van der Waals surface area (Å²) in [6, 6.07) is -2.66. The molecule has 6 N–H and O–H groups in total. The van der Waals surface area contributed by atoms with Gasteiger partial charge in [0, 0.05) is 37.3 Å². The number of benzene rings is 1. The van der Waals surface area contributed by atoms with Gasteiger partial charge in [-0.25, -0.2) is 0 Å². The summed E-state index contributed by atoms with van der Waals surface area (Å²) in [7, 11) is 0. The largest absolute Gasteiger partial charge is 0.364 e. The van der Waals surface area contributed by atoms with Crippen molar-refractivity contribution in [3.05, 3.63) is 41.5 Å². The zero-order chi connectivity index (χ0) is 61.8. The molecular weight excluding hydrogens is 1100 g/mol. The van der Waals surface area contributed by atoms with E-state index in [-0.39, 0.29) is 70.1 Å². The van der Waals surface area contributed by atoms with Crippen molar-refractivity contribution in [1.82, 2.24) is 51.1 Å². The molecule has 21 nitrogen and oxygen atoms in total. The monoisotopic (exact) mass is 1200 g/mol. The minimum absolute atomic E-state index is 0.0909. The van der Waals surface area contributed by atoms with Crippen molar-refractivity contribution in [1.29, 1.82) is 0 Å². The van der Waals surface area contributed by atoms with E-state index >= 15 is 19.2 Å². The number of thioether (sulfide) groups is 1. The standard InChI is InChI=1S/C63H95N11O10S/c1-35(2)24-26-63-34-49-56(79)66-44(33-37(5)6)57(80)72-29-16-22-47(72)58(81)70-27-14-21-46(70)55(78)69-51(39(9)10)60(83)71-28-15-20-45(71)54(77)64-42(25-31-85-11)52(75)65-43(32-36(3)4)53(76)68-50(38(7)8)61(84)73-30-17-23-48(73)59(82)74(49)62(63)67-41-19-13-12-18-40(41)63/h12-13,18-19,24,36-39,42-51,62,67H,14-17,20-23,25-34H2,1-11H3,(H,64,77)(H,65,75)(H,66,79)(H,68,76)(H,69,78)/t42-,43-,44-,45-,46-,47-,48-,49-,50-,51-,62-,63-/m0/s1. The van der Waals surface area contributed by atoms with E-state index in [1.165, 1.54) is 31.4 Å². The molecule has 7 aliphatic heterocycles. The molecule has 0 saturated carbocycles. The molecule has 6 fully saturated rings. The molecule has 0 aliphatic carbocycles. The number of allylic oxidation sites excluding steroid dienone is 2. The van der Waals surface area contributed by atoms with E-state index in [4.69, 9.17) is 0 Å². The summed E-state index contributed by atoms with van der Waals surface area (Å²) in [5, 5.41) is 18.6. The third kappa shape index (κ3) is 13.8. The van der Waals surface area contributed by atoms with Gasteiger partial charge < -0.3 is 56.4 Å². The van der Waals surface area contributed by atoms with Crippen molar-refractivity contribution in [2.75, 3.05) is 43.5 Å². The predicted octanol–water partition coefficient (Wildman–Crippen LogP) is 4.19. The van der Waals surface area contributed by atoms with Crippen molar-refractivity contribution in [2.24, 2.45) is 23.7 Å². The third-order valence-corrected chi connectivity index (χ3v) is 19.2. The molecule has 7 heterocycles. The zero-order valence-electron chi connectivity index (χ0n) is 52.0. The first-order valence-corrected chi connectivity index (χ1v) is 32.8. The third-order valence-electron chi connectivity index (χ3n) is 18.6. The number of amides is 10. The Kier molecular flexibility index (Phi) is 21.1. The van der Waals surface area contributed by atoms with Crippen LogP contribution in [0.5, 0.6) is 0 Å².